The summed E-state index contributed by atoms with van der Waals surface area (Å²) >= 11 is 0. The van der Waals surface area contributed by atoms with E-state index < -0.39 is 0 Å². The van der Waals surface area contributed by atoms with Gasteiger partial charge in [0, 0.05) is 36.8 Å². The first-order chi connectivity index (χ1) is 23.5. The first-order valence-electron chi connectivity index (χ1n) is 16.6. The van der Waals surface area contributed by atoms with Crippen LogP contribution in [0.15, 0.2) is 97.6 Å². The van der Waals surface area contributed by atoms with E-state index in [4.69, 9.17) is 19.2 Å². The number of nitrogens with zero attached hydrogens (tertiary/aromatic N) is 5. The fourth-order valence-electron chi connectivity index (χ4n) is 6.09. The number of carbonyl (C=O) groups excluding carboxylic acids is 1. The van der Waals surface area contributed by atoms with Gasteiger partial charge in [-0.05, 0) is 65.6 Å². The Labute approximate surface area is 282 Å². The number of aromatic nitrogens is 4. The molecule has 0 saturated carbocycles. The average molecular weight is 646 g/mol. The van der Waals surface area contributed by atoms with Crippen molar-refractivity contribution < 1.29 is 19.0 Å². The van der Waals surface area contributed by atoms with Gasteiger partial charge in [-0.15, -0.1) is 0 Å². The Hall–Kier alpha value is -5.02. The van der Waals surface area contributed by atoms with Gasteiger partial charge >= 0.3 is 0 Å². The molecule has 1 aliphatic rings. The molecular formula is C39H43N5O4. The molecule has 6 rings (SSSR count). The zero-order valence-electron chi connectivity index (χ0n) is 27.9. The van der Waals surface area contributed by atoms with Crippen LogP contribution in [0.4, 0.5) is 5.69 Å². The first kappa shape index (κ1) is 32.9. The molecule has 0 saturated heterocycles. The van der Waals surface area contributed by atoms with E-state index in [2.05, 4.69) is 42.1 Å². The normalized spacial score (nSPS) is 14.0. The van der Waals surface area contributed by atoms with Gasteiger partial charge in [0.2, 0.25) is 11.8 Å². The molecule has 0 spiro atoms. The van der Waals surface area contributed by atoms with Crippen LogP contribution in [0.1, 0.15) is 72.0 Å². The number of pyridine rings is 2. The van der Waals surface area contributed by atoms with Gasteiger partial charge in [0.05, 0.1) is 43.7 Å². The highest BCUT2D eigenvalue weighted by molar-refractivity contribution is 5.98. The summed E-state index contributed by atoms with van der Waals surface area (Å²) in [4.78, 5) is 25.6. The van der Waals surface area contributed by atoms with Crippen molar-refractivity contribution in [3.05, 3.63) is 131 Å². The van der Waals surface area contributed by atoms with E-state index in [0.29, 0.717) is 44.7 Å². The Kier molecular flexibility index (Phi) is 10.8. The Balaban J connectivity index is 1.22. The van der Waals surface area contributed by atoms with E-state index >= 15 is 0 Å². The third kappa shape index (κ3) is 8.09. The lowest BCUT2D eigenvalue weighted by atomic mass is 9.81. The maximum absolute atomic E-state index is 14.6. The molecule has 1 atom stereocenters. The van der Waals surface area contributed by atoms with Gasteiger partial charge in [-0.2, -0.15) is 5.10 Å². The van der Waals surface area contributed by atoms with Gasteiger partial charge in [0.15, 0.2) is 0 Å². The number of methoxy groups -OCH3 is 1. The molecule has 5 aromatic rings. The van der Waals surface area contributed by atoms with Crippen LogP contribution in [0.3, 0.4) is 0 Å². The minimum Gasteiger partial charge on any atom is -0.489 e. The standard InChI is InChI=1S/C39H43N5O4/c1-28(2)36-17-16-32(23-40-36)44(26-31-22-42-43(25-31)24-30-15-18-38(41-21-30)47-20-19-46-3)39(45)35-13-7-12-34-33(35)11-8-14-37(34)48-27-29-9-5-4-6-10-29/h4-6,8-11,14-18,21-23,25,28,35H,7,12-13,19-20,24,26-27H2,1-3H3. The summed E-state index contributed by atoms with van der Waals surface area (Å²) in [5, 5.41) is 4.61. The number of hydrogen-bond donors (Lipinski definition) is 0. The van der Waals surface area contributed by atoms with Crippen molar-refractivity contribution in [3.63, 3.8) is 0 Å². The summed E-state index contributed by atoms with van der Waals surface area (Å²) in [5.41, 5.74) is 6.98. The zero-order chi connectivity index (χ0) is 33.3. The van der Waals surface area contributed by atoms with E-state index in [0.717, 1.165) is 64.2 Å². The molecule has 2 aromatic carbocycles. The van der Waals surface area contributed by atoms with Gasteiger partial charge in [0.1, 0.15) is 19.0 Å². The Morgan fingerprint density at radius 2 is 1.77 bits per heavy atom. The molecule has 3 heterocycles. The maximum atomic E-state index is 14.6. The Morgan fingerprint density at radius 1 is 0.896 bits per heavy atom. The molecular weight excluding hydrogens is 602 g/mol. The smallest absolute Gasteiger partial charge is 0.234 e. The fourth-order valence-corrected chi connectivity index (χ4v) is 6.09. The van der Waals surface area contributed by atoms with Crippen molar-refractivity contribution >= 4 is 11.6 Å². The molecule has 1 unspecified atom stereocenters. The van der Waals surface area contributed by atoms with E-state index in [1.807, 2.05) is 82.8 Å². The number of ether oxygens (including phenoxy) is 3. The largest absolute Gasteiger partial charge is 0.489 e. The van der Waals surface area contributed by atoms with E-state index in [9.17, 15) is 4.79 Å². The highest BCUT2D eigenvalue weighted by Gasteiger charge is 2.32. The highest BCUT2D eigenvalue weighted by atomic mass is 16.5. The third-order valence-electron chi connectivity index (χ3n) is 8.65. The summed E-state index contributed by atoms with van der Waals surface area (Å²) in [5.74, 6) is 1.47. The second kappa shape index (κ2) is 15.7. The number of anilines is 1. The molecule has 3 aromatic heterocycles. The quantitative estimate of drug-likeness (QED) is 0.119. The average Bonchev–Trinajstić information content (AvgIpc) is 3.57. The molecule has 9 nitrogen and oxygen atoms in total. The lowest BCUT2D eigenvalue weighted by Crippen LogP contribution is -2.36. The van der Waals surface area contributed by atoms with Gasteiger partial charge in [-0.25, -0.2) is 4.98 Å². The summed E-state index contributed by atoms with van der Waals surface area (Å²) in [7, 11) is 1.64. The van der Waals surface area contributed by atoms with Crippen molar-refractivity contribution in [1.29, 1.82) is 0 Å². The zero-order valence-corrected chi connectivity index (χ0v) is 27.9. The van der Waals surface area contributed by atoms with Crippen LogP contribution >= 0.6 is 0 Å². The first-order valence-corrected chi connectivity index (χ1v) is 16.6. The molecule has 0 aliphatic heterocycles. The fraction of sp³-hybridized carbons (Fsp3) is 0.333. The molecule has 0 radical (unpaired) electrons. The van der Waals surface area contributed by atoms with Crippen molar-refractivity contribution in [3.8, 4) is 11.6 Å². The van der Waals surface area contributed by atoms with Crippen LogP contribution in [-0.4, -0.2) is 46.0 Å². The summed E-state index contributed by atoms with van der Waals surface area (Å²) in [6.45, 7) is 6.61. The number of benzene rings is 2. The Morgan fingerprint density at radius 3 is 2.52 bits per heavy atom. The lowest BCUT2D eigenvalue weighted by molar-refractivity contribution is -0.120. The molecule has 0 fully saturated rings. The minimum absolute atomic E-state index is 0.0521. The topological polar surface area (TPSA) is 91.6 Å². The second-order valence-corrected chi connectivity index (χ2v) is 12.5. The van der Waals surface area contributed by atoms with Crippen molar-refractivity contribution in [2.45, 2.75) is 64.6 Å². The van der Waals surface area contributed by atoms with E-state index in [1.54, 1.807) is 13.3 Å². The molecule has 0 N–H and O–H groups in total. The van der Waals surface area contributed by atoms with Gasteiger partial charge < -0.3 is 19.1 Å². The second-order valence-electron chi connectivity index (χ2n) is 12.5. The molecule has 0 bridgehead atoms. The van der Waals surface area contributed by atoms with Crippen molar-refractivity contribution in [1.82, 2.24) is 19.7 Å². The van der Waals surface area contributed by atoms with Crippen LogP contribution < -0.4 is 14.4 Å². The number of carbonyl (C=O) groups is 1. The number of amides is 1. The predicted molar refractivity (Wildman–Crippen MR) is 185 cm³/mol. The molecule has 9 heteroatoms. The third-order valence-corrected chi connectivity index (χ3v) is 8.65. The van der Waals surface area contributed by atoms with Crippen LogP contribution in [0.2, 0.25) is 0 Å². The number of rotatable bonds is 14. The van der Waals surface area contributed by atoms with E-state index in [-0.39, 0.29) is 11.8 Å². The monoisotopic (exact) mass is 645 g/mol. The van der Waals surface area contributed by atoms with Crippen molar-refractivity contribution in [2.75, 3.05) is 25.2 Å². The van der Waals surface area contributed by atoms with Crippen LogP contribution in [0, 0.1) is 0 Å². The SMILES string of the molecule is COCCOc1ccc(Cn2cc(CN(C(=O)C3CCCc4c(OCc5ccccc5)cccc43)c3ccc(C(C)C)nc3)cn2)cn1. The van der Waals surface area contributed by atoms with Crippen molar-refractivity contribution in [2.24, 2.45) is 0 Å². The number of fused-ring (bicyclic) bond motifs is 1. The lowest BCUT2D eigenvalue weighted by Gasteiger charge is -2.31. The van der Waals surface area contributed by atoms with Crippen LogP contribution in [0.5, 0.6) is 11.6 Å². The van der Waals surface area contributed by atoms with Gasteiger partial charge in [-0.3, -0.25) is 14.5 Å². The Bertz CT molecular complexity index is 1770. The highest BCUT2D eigenvalue weighted by Crippen LogP contribution is 2.39. The predicted octanol–water partition coefficient (Wildman–Crippen LogP) is 7.10. The summed E-state index contributed by atoms with van der Waals surface area (Å²) in [6.07, 6.45) is 10.0. The van der Waals surface area contributed by atoms with Crippen LogP contribution in [0.25, 0.3) is 0 Å². The van der Waals surface area contributed by atoms with Gasteiger partial charge in [0.25, 0.3) is 0 Å². The summed E-state index contributed by atoms with van der Waals surface area (Å²) < 4.78 is 18.8. The summed E-state index contributed by atoms with van der Waals surface area (Å²) in [6, 6.07) is 24.1. The van der Waals surface area contributed by atoms with E-state index in [1.165, 1.54) is 0 Å². The van der Waals surface area contributed by atoms with Gasteiger partial charge in [-0.1, -0.05) is 62.4 Å². The molecule has 48 heavy (non-hydrogen) atoms. The van der Waals surface area contributed by atoms with Crippen LogP contribution in [-0.2, 0) is 35.6 Å². The molecule has 248 valence electrons. The number of hydrogen-bond acceptors (Lipinski definition) is 7. The molecule has 1 amide bonds. The molecule has 1 aliphatic carbocycles. The minimum atomic E-state index is -0.287. The maximum Gasteiger partial charge on any atom is 0.234 e.